The topological polar surface area (TPSA) is 49.4 Å². The highest BCUT2D eigenvalue weighted by Gasteiger charge is 2.28. The third kappa shape index (κ3) is 5.18. The van der Waals surface area contributed by atoms with Gasteiger partial charge in [0.2, 0.25) is 5.91 Å². The number of rotatable bonds is 7. The maximum atomic E-state index is 12.9. The predicted octanol–water partition coefficient (Wildman–Crippen LogP) is 3.49. The van der Waals surface area contributed by atoms with Crippen LogP contribution in [0.5, 0.6) is 0 Å². The minimum atomic E-state index is -0.536. The first-order chi connectivity index (χ1) is 12.0. The van der Waals surface area contributed by atoms with Crippen LogP contribution in [0, 0.1) is 5.92 Å². The van der Waals surface area contributed by atoms with Crippen LogP contribution in [0.25, 0.3) is 0 Å². The van der Waals surface area contributed by atoms with Gasteiger partial charge in [-0.05, 0) is 23.6 Å². The Balaban J connectivity index is 2.10. The summed E-state index contributed by atoms with van der Waals surface area (Å²) in [5, 5.41) is 2.92. The van der Waals surface area contributed by atoms with Gasteiger partial charge in [-0.3, -0.25) is 9.59 Å². The van der Waals surface area contributed by atoms with Crippen molar-refractivity contribution in [3.05, 3.63) is 71.8 Å². The molecule has 0 spiro atoms. The van der Waals surface area contributed by atoms with Gasteiger partial charge in [0.15, 0.2) is 0 Å². The molecular formula is C21H26N2O2. The van der Waals surface area contributed by atoms with E-state index >= 15 is 0 Å². The Morgan fingerprint density at radius 2 is 1.56 bits per heavy atom. The number of hydrogen-bond acceptors (Lipinski definition) is 2. The summed E-state index contributed by atoms with van der Waals surface area (Å²) < 4.78 is 0. The molecular weight excluding hydrogens is 312 g/mol. The van der Waals surface area contributed by atoms with Gasteiger partial charge in [0.1, 0.15) is 6.04 Å². The van der Waals surface area contributed by atoms with E-state index in [9.17, 15) is 9.59 Å². The number of nitrogens with zero attached hydrogens (tertiary/aromatic N) is 1. The molecule has 2 aromatic rings. The van der Waals surface area contributed by atoms with Crippen LogP contribution >= 0.6 is 0 Å². The van der Waals surface area contributed by atoms with E-state index in [1.807, 2.05) is 62.4 Å². The molecule has 0 aliphatic rings. The predicted molar refractivity (Wildman–Crippen MR) is 100 cm³/mol. The molecule has 25 heavy (non-hydrogen) atoms. The van der Waals surface area contributed by atoms with Crippen molar-refractivity contribution < 1.29 is 9.59 Å². The van der Waals surface area contributed by atoms with Gasteiger partial charge in [0.25, 0.3) is 5.91 Å². The van der Waals surface area contributed by atoms with Crippen molar-refractivity contribution in [1.29, 1.82) is 0 Å². The maximum Gasteiger partial charge on any atom is 0.251 e. The molecule has 0 radical (unpaired) electrons. The van der Waals surface area contributed by atoms with E-state index in [1.54, 1.807) is 24.1 Å². The van der Waals surface area contributed by atoms with E-state index < -0.39 is 6.04 Å². The highest BCUT2D eigenvalue weighted by Crippen LogP contribution is 2.13. The summed E-state index contributed by atoms with van der Waals surface area (Å²) in [5.41, 5.74) is 1.63. The van der Waals surface area contributed by atoms with Crippen molar-refractivity contribution in [1.82, 2.24) is 10.2 Å². The molecule has 0 aliphatic carbocycles. The number of carbonyl (C=O) groups excluding carboxylic acids is 2. The Morgan fingerprint density at radius 3 is 2.12 bits per heavy atom. The third-order valence-corrected chi connectivity index (χ3v) is 4.44. The van der Waals surface area contributed by atoms with Crippen LogP contribution in [0.2, 0.25) is 0 Å². The summed E-state index contributed by atoms with van der Waals surface area (Å²) in [5.74, 6) is -0.228. The largest absolute Gasteiger partial charge is 0.340 e. The highest BCUT2D eigenvalue weighted by atomic mass is 16.2. The van der Waals surface area contributed by atoms with Crippen molar-refractivity contribution in [2.75, 3.05) is 7.05 Å². The zero-order chi connectivity index (χ0) is 18.2. The molecule has 2 aromatic carbocycles. The van der Waals surface area contributed by atoms with E-state index in [4.69, 9.17) is 0 Å². The first-order valence-corrected chi connectivity index (χ1v) is 8.67. The average Bonchev–Trinajstić information content (AvgIpc) is 2.66. The molecule has 0 aromatic heterocycles. The molecule has 132 valence electrons. The number of nitrogens with one attached hydrogen (secondary N) is 1. The molecule has 2 atom stereocenters. The molecule has 2 amide bonds. The molecule has 0 bridgehead atoms. The van der Waals surface area contributed by atoms with E-state index in [0.29, 0.717) is 12.1 Å². The van der Waals surface area contributed by atoms with Gasteiger partial charge in [-0.15, -0.1) is 0 Å². The van der Waals surface area contributed by atoms with E-state index in [2.05, 4.69) is 5.32 Å². The minimum Gasteiger partial charge on any atom is -0.340 e. The second kappa shape index (κ2) is 9.02. The quantitative estimate of drug-likeness (QED) is 0.840. The second-order valence-corrected chi connectivity index (χ2v) is 6.38. The van der Waals surface area contributed by atoms with Gasteiger partial charge in [-0.25, -0.2) is 0 Å². The summed E-state index contributed by atoms with van der Waals surface area (Å²) in [6.45, 7) is 4.54. The number of amides is 2. The van der Waals surface area contributed by atoms with Crippen LogP contribution in [0.3, 0.4) is 0 Å². The Kier molecular flexibility index (Phi) is 6.75. The summed E-state index contributed by atoms with van der Waals surface area (Å²) in [4.78, 5) is 27.1. The number of benzene rings is 2. The maximum absolute atomic E-state index is 12.9. The van der Waals surface area contributed by atoms with Gasteiger partial charge in [0, 0.05) is 19.2 Å². The van der Waals surface area contributed by atoms with Crippen LogP contribution < -0.4 is 5.32 Å². The van der Waals surface area contributed by atoms with E-state index in [-0.39, 0.29) is 17.7 Å². The lowest BCUT2D eigenvalue weighted by Crippen LogP contribution is -2.50. The standard InChI is InChI=1S/C21H26N2O2/c1-4-16(2)19(22-20(24)18-13-9-6-10-14-18)21(25)23(3)15-17-11-7-5-8-12-17/h5-14,16,19H,4,15H2,1-3H3,(H,22,24). The van der Waals surface area contributed by atoms with Crippen molar-refractivity contribution in [3.8, 4) is 0 Å². The van der Waals surface area contributed by atoms with Crippen molar-refractivity contribution in [2.24, 2.45) is 5.92 Å². The lowest BCUT2D eigenvalue weighted by molar-refractivity contribution is -0.133. The van der Waals surface area contributed by atoms with Gasteiger partial charge in [-0.1, -0.05) is 68.8 Å². The zero-order valence-corrected chi connectivity index (χ0v) is 15.1. The first-order valence-electron chi connectivity index (χ1n) is 8.67. The van der Waals surface area contributed by atoms with Crippen LogP contribution in [0.15, 0.2) is 60.7 Å². The first kappa shape index (κ1) is 18.7. The Hall–Kier alpha value is -2.62. The third-order valence-electron chi connectivity index (χ3n) is 4.44. The average molecular weight is 338 g/mol. The fourth-order valence-corrected chi connectivity index (χ4v) is 2.67. The number of hydrogen-bond donors (Lipinski definition) is 1. The molecule has 2 rings (SSSR count). The monoisotopic (exact) mass is 338 g/mol. The van der Waals surface area contributed by atoms with Gasteiger partial charge in [0.05, 0.1) is 0 Å². The van der Waals surface area contributed by atoms with E-state index in [0.717, 1.165) is 12.0 Å². The van der Waals surface area contributed by atoms with Crippen LogP contribution in [-0.2, 0) is 11.3 Å². The molecule has 0 saturated heterocycles. The van der Waals surface area contributed by atoms with Gasteiger partial charge >= 0.3 is 0 Å². The summed E-state index contributed by atoms with van der Waals surface area (Å²) in [6, 6.07) is 18.3. The van der Waals surface area contributed by atoms with Crippen LogP contribution in [-0.4, -0.2) is 29.8 Å². The summed E-state index contributed by atoms with van der Waals surface area (Å²) in [6.07, 6.45) is 0.810. The van der Waals surface area contributed by atoms with Crippen LogP contribution in [0.4, 0.5) is 0 Å². The zero-order valence-electron chi connectivity index (χ0n) is 15.1. The molecule has 0 aliphatic heterocycles. The number of likely N-dealkylation sites (N-methyl/N-ethyl adjacent to an activating group) is 1. The second-order valence-electron chi connectivity index (χ2n) is 6.38. The summed E-state index contributed by atoms with van der Waals surface area (Å²) in [7, 11) is 1.78. The lowest BCUT2D eigenvalue weighted by Gasteiger charge is -2.28. The molecule has 4 nitrogen and oxygen atoms in total. The van der Waals surface area contributed by atoms with Crippen molar-refractivity contribution >= 4 is 11.8 Å². The van der Waals surface area contributed by atoms with Gasteiger partial charge in [-0.2, -0.15) is 0 Å². The Bertz CT molecular complexity index is 686. The molecule has 0 saturated carbocycles. The SMILES string of the molecule is CCC(C)C(NC(=O)c1ccccc1)C(=O)N(C)Cc1ccccc1. The molecule has 0 fully saturated rings. The molecule has 1 N–H and O–H groups in total. The van der Waals surface area contributed by atoms with Gasteiger partial charge < -0.3 is 10.2 Å². The highest BCUT2D eigenvalue weighted by molar-refractivity contribution is 5.97. The number of carbonyl (C=O) groups is 2. The van der Waals surface area contributed by atoms with Crippen LogP contribution in [0.1, 0.15) is 36.2 Å². The van der Waals surface area contributed by atoms with E-state index in [1.165, 1.54) is 0 Å². The lowest BCUT2D eigenvalue weighted by atomic mass is 9.97. The molecule has 2 unspecified atom stereocenters. The normalized spacial score (nSPS) is 12.9. The Morgan fingerprint density at radius 1 is 1.00 bits per heavy atom. The molecule has 4 heteroatoms. The van der Waals surface area contributed by atoms with Crippen molar-refractivity contribution in [2.45, 2.75) is 32.9 Å². The minimum absolute atomic E-state index is 0.0541. The Labute approximate surface area is 149 Å². The smallest absolute Gasteiger partial charge is 0.251 e. The fraction of sp³-hybridized carbons (Fsp3) is 0.333. The molecule has 0 heterocycles. The fourth-order valence-electron chi connectivity index (χ4n) is 2.67. The summed E-state index contributed by atoms with van der Waals surface area (Å²) >= 11 is 0. The van der Waals surface area contributed by atoms with Crippen molar-refractivity contribution in [3.63, 3.8) is 0 Å².